The van der Waals surface area contributed by atoms with E-state index in [-0.39, 0.29) is 42.6 Å². The number of carbonyl (C=O) groups is 2. The smallest absolute Gasteiger partial charge is 0.410 e. The zero-order chi connectivity index (χ0) is 17.1. The highest BCUT2D eigenvalue weighted by molar-refractivity contribution is 5.69. The van der Waals surface area contributed by atoms with Crippen LogP contribution in [0.25, 0.3) is 0 Å². The summed E-state index contributed by atoms with van der Waals surface area (Å²) >= 11 is 0. The number of piperidine rings is 1. The monoisotopic (exact) mass is 341 g/mol. The van der Waals surface area contributed by atoms with Crippen molar-refractivity contribution < 1.29 is 28.5 Å². The topological polar surface area (TPSA) is 74.3 Å². The Hall–Kier alpha value is -1.34. The van der Waals surface area contributed by atoms with E-state index in [0.29, 0.717) is 19.4 Å². The van der Waals surface area contributed by atoms with E-state index in [4.69, 9.17) is 18.9 Å². The van der Waals surface area contributed by atoms with Gasteiger partial charge in [-0.1, -0.05) is 0 Å². The molecule has 3 rings (SSSR count). The molecule has 0 aliphatic carbocycles. The highest BCUT2D eigenvalue weighted by Crippen LogP contribution is 2.40. The number of amides is 1. The first-order valence-corrected chi connectivity index (χ1v) is 8.97. The molecule has 0 radical (unpaired) electrons. The summed E-state index contributed by atoms with van der Waals surface area (Å²) in [4.78, 5) is 25.4. The molecular formula is C17H27NO6. The lowest BCUT2D eigenvalue weighted by atomic mass is 10.00. The van der Waals surface area contributed by atoms with E-state index in [0.717, 1.165) is 32.3 Å². The van der Waals surface area contributed by atoms with Crippen molar-refractivity contribution in [1.82, 2.24) is 4.90 Å². The van der Waals surface area contributed by atoms with Crippen LogP contribution in [0.2, 0.25) is 0 Å². The lowest BCUT2D eigenvalue weighted by molar-refractivity contribution is -0.193. The summed E-state index contributed by atoms with van der Waals surface area (Å²) in [5.74, 6) is -0.280. The zero-order valence-corrected chi connectivity index (χ0v) is 14.4. The van der Waals surface area contributed by atoms with Crippen LogP contribution in [0.5, 0.6) is 0 Å². The third kappa shape index (κ3) is 3.83. The first-order valence-electron chi connectivity index (χ1n) is 8.97. The molecule has 0 spiro atoms. The number of rotatable bonds is 4. The van der Waals surface area contributed by atoms with Gasteiger partial charge in [-0.25, -0.2) is 4.79 Å². The number of esters is 1. The van der Waals surface area contributed by atoms with Crippen LogP contribution in [-0.2, 0) is 23.7 Å². The third-order valence-electron chi connectivity index (χ3n) is 5.00. The maximum absolute atomic E-state index is 12.3. The van der Waals surface area contributed by atoms with Crippen molar-refractivity contribution in [2.45, 2.75) is 83.0 Å². The van der Waals surface area contributed by atoms with Gasteiger partial charge < -0.3 is 18.9 Å². The number of hydrogen-bond acceptors (Lipinski definition) is 6. The lowest BCUT2D eigenvalue weighted by Gasteiger charge is -2.38. The van der Waals surface area contributed by atoms with Gasteiger partial charge in [0.25, 0.3) is 0 Å². The van der Waals surface area contributed by atoms with Crippen LogP contribution in [0.15, 0.2) is 0 Å². The summed E-state index contributed by atoms with van der Waals surface area (Å²) in [6, 6.07) is -0.140. The molecule has 0 aromatic heterocycles. The van der Waals surface area contributed by atoms with Crippen molar-refractivity contribution >= 4 is 12.1 Å². The molecule has 5 atom stereocenters. The molecule has 3 heterocycles. The number of ether oxygens (including phenoxy) is 4. The van der Waals surface area contributed by atoms with Crippen molar-refractivity contribution in [3.05, 3.63) is 0 Å². The van der Waals surface area contributed by atoms with E-state index in [1.807, 2.05) is 0 Å². The van der Waals surface area contributed by atoms with Gasteiger partial charge in [0.2, 0.25) is 0 Å². The van der Waals surface area contributed by atoms with Gasteiger partial charge in [0.05, 0.1) is 18.8 Å². The Kier molecular flexibility index (Phi) is 5.61. The second-order valence-electron chi connectivity index (χ2n) is 6.74. The SMILES string of the molecule is CCOC(=O)N1[C@H]2C[C@H](OC(C)=O)C[C@@H]1[C@@H](OC1CCCCO1)C2. The van der Waals surface area contributed by atoms with Gasteiger partial charge in [-0.05, 0) is 32.6 Å². The summed E-state index contributed by atoms with van der Waals surface area (Å²) in [5.41, 5.74) is 0. The average molecular weight is 341 g/mol. The molecule has 1 unspecified atom stereocenters. The van der Waals surface area contributed by atoms with Crippen molar-refractivity contribution in [3.63, 3.8) is 0 Å². The zero-order valence-electron chi connectivity index (χ0n) is 14.4. The van der Waals surface area contributed by atoms with E-state index in [9.17, 15) is 9.59 Å². The fourth-order valence-electron chi connectivity index (χ4n) is 4.11. The van der Waals surface area contributed by atoms with Gasteiger partial charge in [0.15, 0.2) is 6.29 Å². The van der Waals surface area contributed by atoms with Crippen LogP contribution in [0.1, 0.15) is 52.4 Å². The number of nitrogens with zero attached hydrogens (tertiary/aromatic N) is 1. The summed E-state index contributed by atoms with van der Waals surface area (Å²) in [6.45, 7) is 4.29. The Morgan fingerprint density at radius 2 is 2.04 bits per heavy atom. The highest BCUT2D eigenvalue weighted by Gasteiger charge is 2.51. The number of hydrogen-bond donors (Lipinski definition) is 0. The molecule has 0 N–H and O–H groups in total. The standard InChI is InChI=1S/C17H27NO6/c1-3-21-17(20)18-12-8-13(23-11(2)19)10-14(18)15(9-12)24-16-6-4-5-7-22-16/h12-16H,3-10H2,1-2H3/t12-,13-,14+,15-,16?/m0/s1. The minimum atomic E-state index is -0.301. The fraction of sp³-hybridized carbons (Fsp3) is 0.882. The van der Waals surface area contributed by atoms with Crippen LogP contribution in [-0.4, -0.2) is 60.8 Å². The first-order chi connectivity index (χ1) is 11.6. The van der Waals surface area contributed by atoms with E-state index >= 15 is 0 Å². The molecular weight excluding hydrogens is 314 g/mol. The molecule has 3 fully saturated rings. The number of carbonyl (C=O) groups excluding carboxylic acids is 2. The van der Waals surface area contributed by atoms with Gasteiger partial charge >= 0.3 is 12.1 Å². The van der Waals surface area contributed by atoms with Crippen LogP contribution in [0, 0.1) is 0 Å². The molecule has 24 heavy (non-hydrogen) atoms. The van der Waals surface area contributed by atoms with Crippen molar-refractivity contribution in [2.75, 3.05) is 13.2 Å². The lowest BCUT2D eigenvalue weighted by Crippen LogP contribution is -2.51. The molecule has 0 saturated carbocycles. The van der Waals surface area contributed by atoms with Crippen molar-refractivity contribution in [2.24, 2.45) is 0 Å². The summed E-state index contributed by atoms with van der Waals surface area (Å²) in [6.07, 6.45) is 4.27. The Labute approximate surface area is 142 Å². The normalized spacial score (nSPS) is 35.6. The summed E-state index contributed by atoms with van der Waals surface area (Å²) in [5, 5.41) is 0. The minimum absolute atomic E-state index is 0.0132. The Bertz CT molecular complexity index is 464. The molecule has 7 nitrogen and oxygen atoms in total. The van der Waals surface area contributed by atoms with Gasteiger partial charge in [-0.2, -0.15) is 0 Å². The van der Waals surface area contributed by atoms with E-state index < -0.39 is 0 Å². The third-order valence-corrected chi connectivity index (χ3v) is 5.00. The maximum atomic E-state index is 12.3. The molecule has 3 saturated heterocycles. The summed E-state index contributed by atoms with van der Waals surface area (Å²) < 4.78 is 22.4. The van der Waals surface area contributed by atoms with Crippen LogP contribution >= 0.6 is 0 Å². The molecule has 0 aromatic rings. The van der Waals surface area contributed by atoms with Crippen molar-refractivity contribution in [1.29, 1.82) is 0 Å². The highest BCUT2D eigenvalue weighted by atomic mass is 16.7. The second kappa shape index (κ2) is 7.70. The molecule has 1 amide bonds. The van der Waals surface area contributed by atoms with Crippen LogP contribution < -0.4 is 0 Å². The van der Waals surface area contributed by atoms with Gasteiger partial charge in [-0.3, -0.25) is 9.69 Å². The minimum Gasteiger partial charge on any atom is -0.462 e. The summed E-state index contributed by atoms with van der Waals surface area (Å²) in [7, 11) is 0. The quantitative estimate of drug-likeness (QED) is 0.730. The Morgan fingerprint density at radius 1 is 1.21 bits per heavy atom. The average Bonchev–Trinajstić information content (AvgIpc) is 2.76. The predicted octanol–water partition coefficient (Wildman–Crippen LogP) is 2.22. The largest absolute Gasteiger partial charge is 0.462 e. The molecule has 0 aromatic carbocycles. The molecule has 2 bridgehead atoms. The fourth-order valence-corrected chi connectivity index (χ4v) is 4.11. The first kappa shape index (κ1) is 17.5. The number of fused-ring (bicyclic) bond motifs is 2. The van der Waals surface area contributed by atoms with Gasteiger partial charge in [0, 0.05) is 32.4 Å². The molecule has 3 aliphatic rings. The van der Waals surface area contributed by atoms with Crippen LogP contribution in [0.3, 0.4) is 0 Å². The van der Waals surface area contributed by atoms with Crippen molar-refractivity contribution in [3.8, 4) is 0 Å². The maximum Gasteiger partial charge on any atom is 0.410 e. The van der Waals surface area contributed by atoms with Gasteiger partial charge in [0.1, 0.15) is 6.10 Å². The predicted molar refractivity (Wildman–Crippen MR) is 84.3 cm³/mol. The Balaban J connectivity index is 1.69. The Morgan fingerprint density at radius 3 is 2.71 bits per heavy atom. The van der Waals surface area contributed by atoms with Gasteiger partial charge in [-0.15, -0.1) is 0 Å². The molecule has 136 valence electrons. The second-order valence-corrected chi connectivity index (χ2v) is 6.74. The molecule has 7 heteroatoms. The van der Waals surface area contributed by atoms with E-state index in [1.165, 1.54) is 6.92 Å². The van der Waals surface area contributed by atoms with Crippen LogP contribution in [0.4, 0.5) is 4.79 Å². The molecule has 3 aliphatic heterocycles. The van der Waals surface area contributed by atoms with E-state index in [2.05, 4.69) is 0 Å². The van der Waals surface area contributed by atoms with E-state index in [1.54, 1.807) is 11.8 Å².